The van der Waals surface area contributed by atoms with Crippen LogP contribution < -0.4 is 0 Å². The van der Waals surface area contributed by atoms with Crippen LogP contribution in [0, 0.1) is 0 Å². The van der Waals surface area contributed by atoms with E-state index in [9.17, 15) is 0 Å². The van der Waals surface area contributed by atoms with Gasteiger partial charge in [-0.15, -0.1) is 11.3 Å². The average Bonchev–Trinajstić information content (AvgIpc) is 3.68. The van der Waals surface area contributed by atoms with Crippen LogP contribution in [0.1, 0.15) is 0 Å². The second-order valence-electron chi connectivity index (χ2n) is 12.2. The van der Waals surface area contributed by atoms with E-state index in [2.05, 4.69) is 163 Å². The lowest BCUT2D eigenvalue weighted by atomic mass is 9.92. The summed E-state index contributed by atoms with van der Waals surface area (Å²) in [5.74, 6) is 0. The van der Waals surface area contributed by atoms with E-state index in [0.29, 0.717) is 0 Å². The van der Waals surface area contributed by atoms with Crippen LogP contribution in [-0.2, 0) is 0 Å². The molecule has 2 heterocycles. The van der Waals surface area contributed by atoms with Crippen LogP contribution in [0.25, 0.3) is 96.9 Å². The highest BCUT2D eigenvalue weighted by molar-refractivity contribution is 7.26. The summed E-state index contributed by atoms with van der Waals surface area (Å²) in [5.41, 5.74) is 9.89. The van der Waals surface area contributed by atoms with Gasteiger partial charge in [0.05, 0.1) is 0 Å². The highest BCUT2D eigenvalue weighted by atomic mass is 32.1. The van der Waals surface area contributed by atoms with Crippen molar-refractivity contribution < 1.29 is 0 Å². The number of aromatic amines is 1. The third kappa shape index (κ3) is 3.87. The van der Waals surface area contributed by atoms with Crippen molar-refractivity contribution in [3.63, 3.8) is 0 Å². The summed E-state index contributed by atoms with van der Waals surface area (Å²) in [7, 11) is 0. The fraction of sp³-hybridized carbons (Fsp3) is 0. The first-order chi connectivity index (χ1) is 22.8. The van der Waals surface area contributed by atoms with E-state index in [-0.39, 0.29) is 0 Å². The molecule has 0 spiro atoms. The smallest absolute Gasteiger partial charge is 0.0465 e. The van der Waals surface area contributed by atoms with Crippen LogP contribution >= 0.6 is 11.3 Å². The Morgan fingerprint density at radius 3 is 1.70 bits per heavy atom. The van der Waals surface area contributed by atoms with Gasteiger partial charge in [-0.2, -0.15) is 0 Å². The number of aromatic nitrogens is 1. The van der Waals surface area contributed by atoms with Gasteiger partial charge < -0.3 is 4.98 Å². The summed E-state index contributed by atoms with van der Waals surface area (Å²) in [6.45, 7) is 0. The Kier molecular flexibility index (Phi) is 5.51. The summed E-state index contributed by atoms with van der Waals surface area (Å²) in [6, 6.07) is 58.1. The number of nitrogens with one attached hydrogen (secondary N) is 1. The van der Waals surface area contributed by atoms with E-state index in [1.807, 2.05) is 11.3 Å². The molecule has 2 aromatic heterocycles. The minimum Gasteiger partial charge on any atom is -0.355 e. The van der Waals surface area contributed by atoms with E-state index in [1.54, 1.807) is 0 Å². The number of hydrogen-bond acceptors (Lipinski definition) is 1. The van der Waals surface area contributed by atoms with Crippen LogP contribution in [0.4, 0.5) is 0 Å². The summed E-state index contributed by atoms with van der Waals surface area (Å²) in [6.07, 6.45) is 0. The Morgan fingerprint density at radius 2 is 0.913 bits per heavy atom. The van der Waals surface area contributed by atoms with Crippen molar-refractivity contribution in [3.8, 4) is 33.4 Å². The molecule has 0 radical (unpaired) electrons. The molecule has 0 unspecified atom stereocenters. The Balaban J connectivity index is 1.28. The van der Waals surface area contributed by atoms with Crippen molar-refractivity contribution >= 4 is 74.9 Å². The molecule has 1 nitrogen and oxygen atoms in total. The van der Waals surface area contributed by atoms with Crippen molar-refractivity contribution in [2.24, 2.45) is 0 Å². The number of para-hydroxylation sites is 1. The predicted octanol–water partition coefficient (Wildman–Crippen LogP) is 13.0. The van der Waals surface area contributed by atoms with E-state index in [1.165, 1.54) is 96.9 Å². The predicted molar refractivity (Wildman–Crippen MR) is 200 cm³/mol. The number of benzene rings is 8. The van der Waals surface area contributed by atoms with Crippen molar-refractivity contribution in [2.75, 3.05) is 0 Å². The number of H-pyrrole nitrogens is 1. The highest BCUT2D eigenvalue weighted by Crippen LogP contribution is 2.45. The van der Waals surface area contributed by atoms with Gasteiger partial charge in [0, 0.05) is 47.5 Å². The molecule has 10 aromatic rings. The topological polar surface area (TPSA) is 15.8 Å². The molecule has 0 atom stereocenters. The molecule has 10 rings (SSSR count). The van der Waals surface area contributed by atoms with Crippen molar-refractivity contribution in [1.82, 2.24) is 4.98 Å². The molecule has 0 bridgehead atoms. The number of thiophene rings is 1. The number of fused-ring (bicyclic) bond motifs is 8. The third-order valence-corrected chi connectivity index (χ3v) is 10.8. The molecular weight excluding hydrogens is 575 g/mol. The SMILES string of the molecule is c1ccc2c(-c3ccc4sc5c(-c6ccc7[nH]c8ccccc8c7c6)cc(-c6cccc7ccccc67)cc5c4c3)cccc2c1. The normalized spacial score (nSPS) is 11.9. The van der Waals surface area contributed by atoms with Crippen LogP contribution in [-0.4, -0.2) is 4.98 Å². The van der Waals surface area contributed by atoms with Gasteiger partial charge >= 0.3 is 0 Å². The standard InChI is InChI=1S/C44H27NS/c1-3-13-32-27(9-1)11-7-16-34(32)29-20-22-43-39(24-29)40-26-31(35-17-8-12-28-10-2-4-14-33(28)35)25-37(44(40)46-43)30-19-21-42-38(23-30)36-15-5-6-18-41(36)45-42/h1-26,45H. The summed E-state index contributed by atoms with van der Waals surface area (Å²) in [5, 5.41) is 10.2. The number of hydrogen-bond donors (Lipinski definition) is 1. The van der Waals surface area contributed by atoms with Crippen LogP contribution in [0.15, 0.2) is 158 Å². The zero-order chi connectivity index (χ0) is 30.2. The molecule has 2 heteroatoms. The minimum absolute atomic E-state index is 1.17. The molecule has 0 aliphatic rings. The Morgan fingerprint density at radius 1 is 0.348 bits per heavy atom. The minimum atomic E-state index is 1.17. The Hall–Kier alpha value is -5.70. The molecule has 8 aromatic carbocycles. The Labute approximate surface area is 270 Å². The lowest BCUT2D eigenvalue weighted by Crippen LogP contribution is -1.86. The maximum atomic E-state index is 3.61. The maximum Gasteiger partial charge on any atom is 0.0465 e. The zero-order valence-corrected chi connectivity index (χ0v) is 25.7. The third-order valence-electron chi connectivity index (χ3n) is 9.59. The largest absolute Gasteiger partial charge is 0.355 e. The summed E-state index contributed by atoms with van der Waals surface area (Å²) < 4.78 is 2.64. The lowest BCUT2D eigenvalue weighted by Gasteiger charge is -2.12. The van der Waals surface area contributed by atoms with Crippen LogP contribution in [0.5, 0.6) is 0 Å². The number of rotatable bonds is 3. The average molecular weight is 602 g/mol. The molecule has 0 fully saturated rings. The van der Waals surface area contributed by atoms with Gasteiger partial charge in [0.15, 0.2) is 0 Å². The first kappa shape index (κ1) is 25.6. The lowest BCUT2D eigenvalue weighted by molar-refractivity contribution is 1.55. The molecule has 1 N–H and O–H groups in total. The molecule has 0 aliphatic carbocycles. The summed E-state index contributed by atoms with van der Waals surface area (Å²) >= 11 is 1.90. The molecule has 0 saturated heterocycles. The molecule has 46 heavy (non-hydrogen) atoms. The molecule has 0 amide bonds. The van der Waals surface area contributed by atoms with Gasteiger partial charge in [0.2, 0.25) is 0 Å². The molecular formula is C44H27NS. The first-order valence-electron chi connectivity index (χ1n) is 15.8. The van der Waals surface area contributed by atoms with Crippen molar-refractivity contribution in [1.29, 1.82) is 0 Å². The second kappa shape index (κ2) is 9.90. The zero-order valence-electron chi connectivity index (χ0n) is 24.9. The molecule has 0 saturated carbocycles. The summed E-state index contributed by atoms with van der Waals surface area (Å²) in [4.78, 5) is 3.61. The van der Waals surface area contributed by atoms with Gasteiger partial charge in [0.25, 0.3) is 0 Å². The van der Waals surface area contributed by atoms with Crippen LogP contribution in [0.3, 0.4) is 0 Å². The molecule has 0 aliphatic heterocycles. The molecule has 214 valence electrons. The quantitative estimate of drug-likeness (QED) is 0.207. The Bertz CT molecular complexity index is 2800. The van der Waals surface area contributed by atoms with E-state index < -0.39 is 0 Å². The van der Waals surface area contributed by atoms with Gasteiger partial charge in [0.1, 0.15) is 0 Å². The van der Waals surface area contributed by atoms with Crippen molar-refractivity contribution in [2.45, 2.75) is 0 Å². The first-order valence-corrected chi connectivity index (χ1v) is 16.6. The van der Waals surface area contributed by atoms with Gasteiger partial charge in [-0.25, -0.2) is 0 Å². The van der Waals surface area contributed by atoms with Gasteiger partial charge in [-0.3, -0.25) is 0 Å². The highest BCUT2D eigenvalue weighted by Gasteiger charge is 2.17. The van der Waals surface area contributed by atoms with Gasteiger partial charge in [-0.1, -0.05) is 115 Å². The monoisotopic (exact) mass is 601 g/mol. The van der Waals surface area contributed by atoms with E-state index >= 15 is 0 Å². The van der Waals surface area contributed by atoms with Gasteiger partial charge in [-0.05, 0) is 91.8 Å². The maximum absolute atomic E-state index is 3.61. The van der Waals surface area contributed by atoms with E-state index in [0.717, 1.165) is 0 Å². The van der Waals surface area contributed by atoms with Crippen LogP contribution in [0.2, 0.25) is 0 Å². The van der Waals surface area contributed by atoms with E-state index in [4.69, 9.17) is 0 Å². The fourth-order valence-electron chi connectivity index (χ4n) is 7.39. The van der Waals surface area contributed by atoms with Crippen molar-refractivity contribution in [3.05, 3.63) is 158 Å². The second-order valence-corrected chi connectivity index (χ2v) is 13.3. The fourth-order valence-corrected chi connectivity index (χ4v) is 8.59.